The molecule has 0 aromatic heterocycles. The Bertz CT molecular complexity index is 1120. The van der Waals surface area contributed by atoms with Crippen LogP contribution in [0.2, 0.25) is 0 Å². The second kappa shape index (κ2) is 11.2. The number of nitrogens with one attached hydrogen (secondary N) is 1. The first kappa shape index (κ1) is 26.9. The molecule has 0 saturated heterocycles. The molecule has 2 aromatic rings. The maximum absolute atomic E-state index is 13.5. The van der Waals surface area contributed by atoms with Gasteiger partial charge in [0, 0.05) is 17.1 Å². The van der Waals surface area contributed by atoms with Gasteiger partial charge in [0.15, 0.2) is 0 Å². The number of hydrogen-bond acceptors (Lipinski definition) is 4. The van der Waals surface area contributed by atoms with Crippen molar-refractivity contribution in [2.45, 2.75) is 53.2 Å². The lowest BCUT2D eigenvalue weighted by Gasteiger charge is -2.32. The van der Waals surface area contributed by atoms with E-state index in [-0.39, 0.29) is 18.5 Å². The molecule has 0 fully saturated rings. The van der Waals surface area contributed by atoms with Crippen molar-refractivity contribution in [3.8, 4) is 0 Å². The number of carbonyl (C=O) groups is 2. The second-order valence-corrected chi connectivity index (χ2v) is 11.4. The molecule has 0 bridgehead atoms. The zero-order chi connectivity index (χ0) is 24.9. The highest BCUT2D eigenvalue weighted by Gasteiger charge is 2.30. The van der Waals surface area contributed by atoms with Crippen molar-refractivity contribution in [2.75, 3.05) is 17.1 Å². The van der Waals surface area contributed by atoms with E-state index in [9.17, 15) is 18.0 Å². The third kappa shape index (κ3) is 7.57. The fourth-order valence-corrected chi connectivity index (χ4v) is 4.75. The molecule has 0 radical (unpaired) electrons. The minimum atomic E-state index is -3.75. The van der Waals surface area contributed by atoms with E-state index in [2.05, 4.69) is 21.2 Å². The molecule has 1 unspecified atom stereocenters. The van der Waals surface area contributed by atoms with E-state index in [1.807, 2.05) is 57.2 Å². The average molecular weight is 539 g/mol. The van der Waals surface area contributed by atoms with Crippen molar-refractivity contribution >= 4 is 43.5 Å². The SMILES string of the molecule is Cc1ccc(C)c(N(CC(=O)N(Cc2cccc(Br)c2)C(C)C(=O)NC(C)C)S(C)(=O)=O)c1. The maximum atomic E-state index is 13.5. The molecule has 33 heavy (non-hydrogen) atoms. The Morgan fingerprint density at radius 1 is 1.06 bits per heavy atom. The zero-order valence-corrected chi connectivity index (χ0v) is 22.3. The minimum Gasteiger partial charge on any atom is -0.352 e. The zero-order valence-electron chi connectivity index (χ0n) is 19.9. The van der Waals surface area contributed by atoms with Crippen LogP contribution in [0.25, 0.3) is 0 Å². The number of rotatable bonds is 9. The standard InChI is InChI=1S/C24H32BrN3O4S/c1-16(2)26-24(30)19(5)27(14-20-8-7-9-21(25)13-20)23(29)15-28(33(6,31)32)22-12-17(3)10-11-18(22)4/h7-13,16,19H,14-15H2,1-6H3,(H,26,30). The van der Waals surface area contributed by atoms with E-state index in [0.717, 1.165) is 31.7 Å². The van der Waals surface area contributed by atoms with Gasteiger partial charge >= 0.3 is 0 Å². The number of halogens is 1. The van der Waals surface area contributed by atoms with Gasteiger partial charge in [0.1, 0.15) is 12.6 Å². The van der Waals surface area contributed by atoms with Gasteiger partial charge in [0.25, 0.3) is 0 Å². The first-order valence-electron chi connectivity index (χ1n) is 10.7. The van der Waals surface area contributed by atoms with Gasteiger partial charge < -0.3 is 10.2 Å². The number of sulfonamides is 1. The van der Waals surface area contributed by atoms with E-state index in [1.165, 1.54) is 4.90 Å². The van der Waals surface area contributed by atoms with Crippen LogP contribution < -0.4 is 9.62 Å². The van der Waals surface area contributed by atoms with Crippen LogP contribution in [-0.4, -0.2) is 50.0 Å². The van der Waals surface area contributed by atoms with Gasteiger partial charge in [-0.1, -0.05) is 40.2 Å². The van der Waals surface area contributed by atoms with Gasteiger partial charge in [-0.05, 0) is 69.5 Å². The van der Waals surface area contributed by atoms with Crippen molar-refractivity contribution in [2.24, 2.45) is 0 Å². The molecule has 1 atom stereocenters. The second-order valence-electron chi connectivity index (χ2n) is 8.55. The molecular formula is C24H32BrN3O4S. The van der Waals surface area contributed by atoms with E-state index >= 15 is 0 Å². The van der Waals surface area contributed by atoms with Crippen molar-refractivity contribution in [3.05, 3.63) is 63.6 Å². The van der Waals surface area contributed by atoms with E-state index < -0.39 is 28.5 Å². The summed E-state index contributed by atoms with van der Waals surface area (Å²) in [5, 5.41) is 2.83. The predicted molar refractivity (Wildman–Crippen MR) is 136 cm³/mol. The van der Waals surface area contributed by atoms with Crippen LogP contribution in [0.5, 0.6) is 0 Å². The molecule has 0 aliphatic heterocycles. The van der Waals surface area contributed by atoms with Crippen molar-refractivity contribution in [1.82, 2.24) is 10.2 Å². The number of nitrogens with zero attached hydrogens (tertiary/aromatic N) is 2. The maximum Gasteiger partial charge on any atom is 0.244 e. The third-order valence-electron chi connectivity index (χ3n) is 5.15. The van der Waals surface area contributed by atoms with Gasteiger partial charge in [0.05, 0.1) is 11.9 Å². The Hall–Kier alpha value is -2.39. The highest BCUT2D eigenvalue weighted by atomic mass is 79.9. The number of carbonyl (C=O) groups excluding carboxylic acids is 2. The van der Waals surface area contributed by atoms with Gasteiger partial charge in [-0.15, -0.1) is 0 Å². The van der Waals surface area contributed by atoms with Crippen LogP contribution in [0.3, 0.4) is 0 Å². The van der Waals surface area contributed by atoms with Crippen LogP contribution >= 0.6 is 15.9 Å². The normalized spacial score (nSPS) is 12.4. The molecule has 7 nitrogen and oxygen atoms in total. The molecule has 0 spiro atoms. The van der Waals surface area contributed by atoms with Crippen molar-refractivity contribution in [1.29, 1.82) is 0 Å². The summed E-state index contributed by atoms with van der Waals surface area (Å²) in [6.07, 6.45) is 1.08. The Morgan fingerprint density at radius 3 is 2.30 bits per heavy atom. The molecule has 0 aliphatic carbocycles. The molecular weight excluding hydrogens is 506 g/mol. The van der Waals surface area contributed by atoms with Crippen molar-refractivity contribution in [3.63, 3.8) is 0 Å². The van der Waals surface area contributed by atoms with Crippen LogP contribution in [0.1, 0.15) is 37.5 Å². The first-order chi connectivity index (χ1) is 15.3. The van der Waals surface area contributed by atoms with E-state index in [1.54, 1.807) is 19.9 Å². The molecule has 2 rings (SSSR count). The van der Waals surface area contributed by atoms with Crippen LogP contribution in [0, 0.1) is 13.8 Å². The topological polar surface area (TPSA) is 86.8 Å². The number of anilines is 1. The molecule has 0 heterocycles. The Kier molecular flexibility index (Phi) is 9.08. The molecule has 0 saturated carbocycles. The molecule has 1 N–H and O–H groups in total. The lowest BCUT2D eigenvalue weighted by atomic mass is 10.1. The molecule has 0 aliphatic rings. The van der Waals surface area contributed by atoms with Crippen molar-refractivity contribution < 1.29 is 18.0 Å². The lowest BCUT2D eigenvalue weighted by molar-refractivity contribution is -0.139. The highest BCUT2D eigenvalue weighted by Crippen LogP contribution is 2.25. The van der Waals surface area contributed by atoms with Gasteiger partial charge in [-0.25, -0.2) is 8.42 Å². The Balaban J connectivity index is 2.44. The summed E-state index contributed by atoms with van der Waals surface area (Å²) >= 11 is 3.43. The molecule has 2 aromatic carbocycles. The summed E-state index contributed by atoms with van der Waals surface area (Å²) in [6, 6.07) is 12.0. The number of aryl methyl sites for hydroxylation is 2. The Labute approximate surface area is 205 Å². The quantitative estimate of drug-likeness (QED) is 0.527. The number of amides is 2. The van der Waals surface area contributed by atoms with Gasteiger partial charge in [0.2, 0.25) is 21.8 Å². The molecule has 2 amide bonds. The monoisotopic (exact) mass is 537 g/mol. The smallest absolute Gasteiger partial charge is 0.244 e. The summed E-state index contributed by atoms with van der Waals surface area (Å²) in [4.78, 5) is 27.7. The van der Waals surface area contributed by atoms with Crippen LogP contribution in [0.15, 0.2) is 46.9 Å². The van der Waals surface area contributed by atoms with Crippen LogP contribution in [0.4, 0.5) is 5.69 Å². The lowest BCUT2D eigenvalue weighted by Crippen LogP contribution is -2.52. The van der Waals surface area contributed by atoms with E-state index in [4.69, 9.17) is 0 Å². The fourth-order valence-electron chi connectivity index (χ4n) is 3.40. The predicted octanol–water partition coefficient (Wildman–Crippen LogP) is 3.77. The summed E-state index contributed by atoms with van der Waals surface area (Å²) in [6.45, 7) is 8.76. The third-order valence-corrected chi connectivity index (χ3v) is 6.77. The molecule has 180 valence electrons. The largest absolute Gasteiger partial charge is 0.352 e. The van der Waals surface area contributed by atoms with E-state index in [0.29, 0.717) is 5.69 Å². The minimum absolute atomic E-state index is 0.0924. The molecule has 9 heteroatoms. The fraction of sp³-hybridized carbons (Fsp3) is 0.417. The van der Waals surface area contributed by atoms with Crippen LogP contribution in [-0.2, 0) is 26.2 Å². The van der Waals surface area contributed by atoms with Gasteiger partial charge in [-0.2, -0.15) is 0 Å². The summed E-state index contributed by atoms with van der Waals surface area (Å²) in [7, 11) is -3.75. The average Bonchev–Trinajstić information content (AvgIpc) is 2.70. The first-order valence-corrected chi connectivity index (χ1v) is 13.3. The highest BCUT2D eigenvalue weighted by molar-refractivity contribution is 9.10. The summed E-state index contributed by atoms with van der Waals surface area (Å²) < 4.78 is 27.3. The summed E-state index contributed by atoms with van der Waals surface area (Å²) in [5.74, 6) is -0.765. The number of hydrogen-bond donors (Lipinski definition) is 1. The number of benzene rings is 2. The van der Waals surface area contributed by atoms with Gasteiger partial charge in [-0.3, -0.25) is 13.9 Å². The summed E-state index contributed by atoms with van der Waals surface area (Å²) in [5.41, 5.74) is 2.89. The Morgan fingerprint density at radius 2 is 1.73 bits per heavy atom.